The van der Waals surface area contributed by atoms with Crippen molar-refractivity contribution in [3.8, 4) is 0 Å². The van der Waals surface area contributed by atoms with Crippen LogP contribution in [0.1, 0.15) is 187 Å². The molecule has 1 fully saturated rings. The normalized spacial score (nSPS) is 21.6. The molecule has 0 aromatic heterocycles. The Hall–Kier alpha value is -1.72. The minimum Gasteiger partial charge on any atom is -0.394 e. The number of ether oxygens (including phenoxy) is 2. The molecule has 0 radical (unpaired) electrons. The standard InChI is InChI=1S/C46H85NO12S/c1-3-5-7-9-11-13-15-17-18-19-20-21-23-24-26-28-30-32-34-39(49)38(37-57-46-43(52)44(59-60(54,55)56)42(51)41(36-48)58-46)47-45(53)40(50)35-33-31-29-27-25-22-16-14-12-10-8-6-4-2/h19-20,24,26,32,34,38-44,46,48-52H,3-18,21-23,25,27-31,33,35-37H2,1-2H3,(H,47,53)(H,54,55,56)/b20-19+,26-24+,34-32+. The van der Waals surface area contributed by atoms with Crippen LogP contribution < -0.4 is 5.32 Å². The van der Waals surface area contributed by atoms with Crippen LogP contribution in [-0.2, 0) is 28.9 Å². The molecule has 1 rings (SSSR count). The number of hydrogen-bond acceptors (Lipinski definition) is 11. The number of amides is 1. The van der Waals surface area contributed by atoms with E-state index in [1.165, 1.54) is 115 Å². The fraction of sp³-hybridized carbons (Fsp3) is 0.848. The van der Waals surface area contributed by atoms with Gasteiger partial charge in [-0.25, -0.2) is 4.18 Å². The minimum absolute atomic E-state index is 0.236. The number of rotatable bonds is 39. The molecule has 0 aliphatic carbocycles. The van der Waals surface area contributed by atoms with Gasteiger partial charge in [0.05, 0.1) is 25.4 Å². The summed E-state index contributed by atoms with van der Waals surface area (Å²) in [4.78, 5) is 13.1. The molecular weight excluding hydrogens is 791 g/mol. The van der Waals surface area contributed by atoms with Gasteiger partial charge in [0.1, 0.15) is 30.5 Å². The fourth-order valence-electron chi connectivity index (χ4n) is 7.26. The van der Waals surface area contributed by atoms with Gasteiger partial charge in [0, 0.05) is 0 Å². The van der Waals surface area contributed by atoms with Crippen LogP contribution in [0.4, 0.5) is 0 Å². The number of carbonyl (C=O) groups excluding carboxylic acids is 1. The Labute approximate surface area is 363 Å². The molecule has 0 aromatic carbocycles. The molecule has 0 spiro atoms. The Kier molecular flexibility index (Phi) is 34.5. The summed E-state index contributed by atoms with van der Waals surface area (Å²) in [5, 5.41) is 55.1. The maximum atomic E-state index is 13.1. The maximum absolute atomic E-state index is 13.1. The first kappa shape index (κ1) is 56.3. The van der Waals surface area contributed by atoms with Crippen LogP contribution in [0, 0.1) is 0 Å². The topological polar surface area (TPSA) is 212 Å². The van der Waals surface area contributed by atoms with Crippen LogP contribution in [0.15, 0.2) is 36.5 Å². The summed E-state index contributed by atoms with van der Waals surface area (Å²) in [6.07, 6.45) is 30.8. The van der Waals surface area contributed by atoms with Gasteiger partial charge < -0.3 is 40.3 Å². The summed E-state index contributed by atoms with van der Waals surface area (Å²) in [7, 11) is -5.12. The Morgan fingerprint density at radius 2 is 1.12 bits per heavy atom. The molecule has 0 aromatic rings. The van der Waals surface area contributed by atoms with Crippen LogP contribution in [0.3, 0.4) is 0 Å². The van der Waals surface area contributed by atoms with E-state index in [1.807, 2.05) is 0 Å². The van der Waals surface area contributed by atoms with Crippen LogP contribution in [-0.4, -0.2) is 107 Å². The third-order valence-corrected chi connectivity index (χ3v) is 11.5. The van der Waals surface area contributed by atoms with Crippen molar-refractivity contribution in [2.45, 2.75) is 236 Å². The van der Waals surface area contributed by atoms with E-state index in [9.17, 15) is 43.3 Å². The number of hydrogen-bond donors (Lipinski definition) is 7. The van der Waals surface area contributed by atoms with Crippen LogP contribution in [0.25, 0.3) is 0 Å². The monoisotopic (exact) mass is 876 g/mol. The summed E-state index contributed by atoms with van der Waals surface area (Å²) >= 11 is 0. The molecule has 1 aliphatic heterocycles. The lowest BCUT2D eigenvalue weighted by Crippen LogP contribution is -2.61. The number of allylic oxidation sites excluding steroid dienone is 5. The molecular formula is C46H85NO12S. The van der Waals surface area contributed by atoms with Gasteiger partial charge in [0.2, 0.25) is 5.91 Å². The van der Waals surface area contributed by atoms with Crippen LogP contribution in [0.2, 0.25) is 0 Å². The van der Waals surface area contributed by atoms with E-state index in [1.54, 1.807) is 6.08 Å². The summed E-state index contributed by atoms with van der Waals surface area (Å²) in [5.74, 6) is -0.717. The second kappa shape index (κ2) is 36.7. The van der Waals surface area contributed by atoms with Crippen molar-refractivity contribution in [3.63, 3.8) is 0 Å². The molecule has 14 heteroatoms. The summed E-state index contributed by atoms with van der Waals surface area (Å²) in [5.41, 5.74) is 0. The first-order chi connectivity index (χ1) is 28.9. The highest BCUT2D eigenvalue weighted by atomic mass is 32.3. The van der Waals surface area contributed by atoms with E-state index in [4.69, 9.17) is 9.47 Å². The molecule has 352 valence electrons. The molecule has 1 saturated heterocycles. The van der Waals surface area contributed by atoms with E-state index in [0.29, 0.717) is 12.8 Å². The minimum atomic E-state index is -5.12. The zero-order chi connectivity index (χ0) is 44.3. The van der Waals surface area contributed by atoms with Gasteiger partial charge in [-0.2, -0.15) is 8.42 Å². The number of nitrogens with one attached hydrogen (secondary N) is 1. The quantitative estimate of drug-likeness (QED) is 0.0178. The van der Waals surface area contributed by atoms with Crippen molar-refractivity contribution >= 4 is 16.3 Å². The largest absolute Gasteiger partial charge is 0.397 e. The third-order valence-electron chi connectivity index (χ3n) is 11.0. The second-order valence-electron chi connectivity index (χ2n) is 16.5. The number of aliphatic hydroxyl groups is 5. The van der Waals surface area contributed by atoms with Crippen LogP contribution >= 0.6 is 0 Å². The summed E-state index contributed by atoms with van der Waals surface area (Å²) in [6, 6.07) is -1.14. The van der Waals surface area contributed by atoms with Gasteiger partial charge in [0.25, 0.3) is 0 Å². The van der Waals surface area contributed by atoms with E-state index in [2.05, 4.69) is 47.7 Å². The molecule has 13 nitrogen and oxygen atoms in total. The average Bonchev–Trinajstić information content (AvgIpc) is 3.22. The van der Waals surface area contributed by atoms with Gasteiger partial charge in [-0.05, 0) is 44.9 Å². The molecule has 8 unspecified atom stereocenters. The maximum Gasteiger partial charge on any atom is 0.397 e. The lowest BCUT2D eigenvalue weighted by Gasteiger charge is -2.41. The first-order valence-electron chi connectivity index (χ1n) is 23.5. The molecule has 7 N–H and O–H groups in total. The van der Waals surface area contributed by atoms with Crippen molar-refractivity contribution in [1.82, 2.24) is 5.32 Å². The van der Waals surface area contributed by atoms with Crippen molar-refractivity contribution in [3.05, 3.63) is 36.5 Å². The molecule has 0 bridgehead atoms. The number of aliphatic hydroxyl groups excluding tert-OH is 5. The van der Waals surface area contributed by atoms with Gasteiger partial charge in [0.15, 0.2) is 6.29 Å². The molecule has 60 heavy (non-hydrogen) atoms. The first-order valence-corrected chi connectivity index (χ1v) is 24.8. The Balaban J connectivity index is 2.63. The van der Waals surface area contributed by atoms with Gasteiger partial charge in [-0.15, -0.1) is 0 Å². The van der Waals surface area contributed by atoms with Gasteiger partial charge in [-0.3, -0.25) is 9.35 Å². The average molecular weight is 876 g/mol. The third kappa shape index (κ3) is 28.8. The Morgan fingerprint density at radius 1 is 0.667 bits per heavy atom. The lowest BCUT2D eigenvalue weighted by atomic mass is 9.99. The highest BCUT2D eigenvalue weighted by Crippen LogP contribution is 2.26. The molecule has 8 atom stereocenters. The predicted octanol–water partition coefficient (Wildman–Crippen LogP) is 8.08. The van der Waals surface area contributed by atoms with Gasteiger partial charge in [-0.1, -0.05) is 179 Å². The Morgan fingerprint density at radius 3 is 1.60 bits per heavy atom. The Bertz CT molecular complexity index is 1230. The molecule has 0 saturated carbocycles. The highest BCUT2D eigenvalue weighted by Gasteiger charge is 2.48. The van der Waals surface area contributed by atoms with E-state index in [0.717, 1.165) is 44.9 Å². The fourth-order valence-corrected chi connectivity index (χ4v) is 7.77. The molecule has 1 heterocycles. The second-order valence-corrected chi connectivity index (χ2v) is 17.5. The van der Waals surface area contributed by atoms with Crippen molar-refractivity contribution in [1.29, 1.82) is 0 Å². The number of unbranched alkanes of at least 4 members (excludes halogenated alkanes) is 22. The van der Waals surface area contributed by atoms with E-state index < -0.39 is 78.5 Å². The van der Waals surface area contributed by atoms with Gasteiger partial charge >= 0.3 is 10.4 Å². The van der Waals surface area contributed by atoms with Crippen LogP contribution in [0.5, 0.6) is 0 Å². The van der Waals surface area contributed by atoms with E-state index >= 15 is 0 Å². The molecule has 1 amide bonds. The molecule has 1 aliphatic rings. The lowest BCUT2D eigenvalue weighted by molar-refractivity contribution is -0.298. The van der Waals surface area contributed by atoms with Crippen molar-refractivity contribution in [2.75, 3.05) is 13.2 Å². The highest BCUT2D eigenvalue weighted by molar-refractivity contribution is 7.80. The zero-order valence-corrected chi connectivity index (χ0v) is 37.9. The summed E-state index contributed by atoms with van der Waals surface area (Å²) < 4.78 is 47.5. The van der Waals surface area contributed by atoms with E-state index in [-0.39, 0.29) is 6.42 Å². The number of carbonyl (C=O) groups is 1. The van der Waals surface area contributed by atoms with Crippen molar-refractivity contribution in [2.24, 2.45) is 0 Å². The smallest absolute Gasteiger partial charge is 0.394 e. The predicted molar refractivity (Wildman–Crippen MR) is 238 cm³/mol. The van der Waals surface area contributed by atoms with Crippen molar-refractivity contribution < 1.29 is 57.0 Å². The zero-order valence-electron chi connectivity index (χ0n) is 37.1. The summed E-state index contributed by atoms with van der Waals surface area (Å²) in [6.45, 7) is 3.18. The SMILES string of the molecule is CCCCCCCCCC/C=C/CC/C=C/CC/C=C/C(O)C(COC1OC(CO)C(O)C(OS(=O)(=O)O)C1O)NC(=O)C(O)CCCCCCCCCCCCCCC.